The molecule has 0 aromatic heterocycles. The number of aryl methyl sites for hydroxylation is 1. The molecule has 0 amide bonds. The predicted octanol–water partition coefficient (Wildman–Crippen LogP) is 1.81. The van der Waals surface area contributed by atoms with E-state index in [9.17, 15) is 14.4 Å². The van der Waals surface area contributed by atoms with Crippen LogP contribution in [0.3, 0.4) is 0 Å². The lowest BCUT2D eigenvalue weighted by molar-refractivity contribution is 0.387. The van der Waals surface area contributed by atoms with Gasteiger partial charge in [-0.3, -0.25) is 4.57 Å². The van der Waals surface area contributed by atoms with Crippen molar-refractivity contribution in [1.29, 1.82) is 0 Å². The zero-order chi connectivity index (χ0) is 12.2. The largest absolute Gasteiger partial charge is 0.357 e. The van der Waals surface area contributed by atoms with Crippen molar-refractivity contribution in [2.75, 3.05) is 0 Å². The summed E-state index contributed by atoms with van der Waals surface area (Å²) in [5, 5.41) is 0.0350. The van der Waals surface area contributed by atoms with Crippen LogP contribution >= 0.6 is 7.60 Å². The number of rotatable bonds is 3. The molecule has 3 nitrogen and oxygen atoms in total. The van der Waals surface area contributed by atoms with Crippen LogP contribution in [0.25, 0.3) is 0 Å². The van der Waals surface area contributed by atoms with Gasteiger partial charge in [0.15, 0.2) is 0 Å². The van der Waals surface area contributed by atoms with Gasteiger partial charge in [0.05, 0.1) is 5.30 Å². The van der Waals surface area contributed by atoms with Crippen molar-refractivity contribution in [2.45, 2.75) is 26.7 Å². The summed E-state index contributed by atoms with van der Waals surface area (Å²) < 4.78 is 11.3. The highest BCUT2D eigenvalue weighted by Crippen LogP contribution is 2.35. The molecule has 0 saturated carbocycles. The van der Waals surface area contributed by atoms with Gasteiger partial charge in [-0.1, -0.05) is 31.4 Å². The first-order valence-electron chi connectivity index (χ1n) is 5.11. The Labute approximate surface area is 95.7 Å². The molecule has 1 aromatic carbocycles. The molecule has 0 radical (unpaired) electrons. The van der Waals surface area contributed by atoms with E-state index in [1.807, 2.05) is 13.0 Å². The Hall–Kier alpha value is -1.07. The van der Waals surface area contributed by atoms with Gasteiger partial charge in [-0.2, -0.15) is 0 Å². The molecule has 0 aliphatic rings. The summed E-state index contributed by atoms with van der Waals surface area (Å²) in [6.45, 7) is 3.68. The van der Waals surface area contributed by atoms with Crippen molar-refractivity contribution in [3.63, 3.8) is 0 Å². The van der Waals surface area contributed by atoms with Gasteiger partial charge >= 0.3 is 7.60 Å². The van der Waals surface area contributed by atoms with Crippen molar-refractivity contribution >= 4 is 12.9 Å². The van der Waals surface area contributed by atoms with Crippen molar-refractivity contribution in [3.05, 3.63) is 29.3 Å². The summed E-state index contributed by atoms with van der Waals surface area (Å²) in [6, 6.07) is 4.97. The van der Waals surface area contributed by atoms with Gasteiger partial charge in [-0.25, -0.2) is 0 Å². The topological polar surface area (TPSA) is 57.5 Å². The van der Waals surface area contributed by atoms with E-state index >= 15 is 0 Å². The first-order valence-corrected chi connectivity index (χ1v) is 6.72. The summed E-state index contributed by atoms with van der Waals surface area (Å²) in [7, 11) is -4.24. The lowest BCUT2D eigenvalue weighted by Crippen LogP contribution is -2.11. The van der Waals surface area contributed by atoms with Crippen molar-refractivity contribution in [3.8, 4) is 11.8 Å². The Kier molecular flexibility index (Phi) is 4.32. The van der Waals surface area contributed by atoms with Gasteiger partial charge in [0, 0.05) is 5.56 Å². The molecule has 4 heteroatoms. The minimum absolute atomic E-state index is 0.0350. The second kappa shape index (κ2) is 5.32. The van der Waals surface area contributed by atoms with Crippen LogP contribution in [0.4, 0.5) is 0 Å². The Morgan fingerprint density at radius 1 is 1.38 bits per heavy atom. The Morgan fingerprint density at radius 3 is 2.56 bits per heavy atom. The molecule has 1 rings (SSSR count). The molecule has 0 aliphatic carbocycles. The monoisotopic (exact) mass is 238 g/mol. The number of hydrogen-bond acceptors (Lipinski definition) is 1. The lowest BCUT2D eigenvalue weighted by atomic mass is 10.0. The normalized spacial score (nSPS) is 10.8. The fraction of sp³-hybridized carbons (Fsp3) is 0.333. The van der Waals surface area contributed by atoms with Crippen molar-refractivity contribution < 1.29 is 14.4 Å². The van der Waals surface area contributed by atoms with Crippen LogP contribution in [0.1, 0.15) is 31.4 Å². The fourth-order valence-corrected chi connectivity index (χ4v) is 2.35. The average molecular weight is 238 g/mol. The van der Waals surface area contributed by atoms with Gasteiger partial charge in [0.2, 0.25) is 0 Å². The Balaban J connectivity index is 3.42. The molecule has 0 aliphatic heterocycles. The van der Waals surface area contributed by atoms with Crippen LogP contribution in [-0.4, -0.2) is 9.79 Å². The second-order valence-corrected chi connectivity index (χ2v) is 5.05. The quantitative estimate of drug-likeness (QED) is 0.623. The molecule has 0 saturated heterocycles. The molecule has 0 bridgehead atoms. The molecule has 2 N–H and O–H groups in total. The second-order valence-electron chi connectivity index (χ2n) is 3.48. The number of benzene rings is 1. The van der Waals surface area contributed by atoms with E-state index in [4.69, 9.17) is 0 Å². The molecule has 0 unspecified atom stereocenters. The van der Waals surface area contributed by atoms with E-state index in [1.165, 1.54) is 6.07 Å². The highest BCUT2D eigenvalue weighted by atomic mass is 31.2. The highest BCUT2D eigenvalue weighted by molar-refractivity contribution is 7.60. The third kappa shape index (κ3) is 2.96. The van der Waals surface area contributed by atoms with E-state index in [1.54, 1.807) is 13.0 Å². The van der Waals surface area contributed by atoms with E-state index in [0.717, 1.165) is 18.4 Å². The van der Waals surface area contributed by atoms with Crippen molar-refractivity contribution in [2.24, 2.45) is 0 Å². The SMILES string of the molecule is CC#Cc1c(CCC)cccc1P(=O)(O)O. The maximum Gasteiger partial charge on any atom is 0.357 e. The highest BCUT2D eigenvalue weighted by Gasteiger charge is 2.22. The van der Waals surface area contributed by atoms with E-state index in [-0.39, 0.29) is 5.30 Å². The maximum atomic E-state index is 11.3. The van der Waals surface area contributed by atoms with Gasteiger partial charge in [-0.05, 0) is 25.0 Å². The molecule has 86 valence electrons. The van der Waals surface area contributed by atoms with Crippen LogP contribution in [-0.2, 0) is 11.0 Å². The Bertz CT molecular complexity index is 477. The molecule has 0 fully saturated rings. The van der Waals surface area contributed by atoms with Crippen LogP contribution in [0, 0.1) is 11.8 Å². The summed E-state index contributed by atoms with van der Waals surface area (Å²) >= 11 is 0. The third-order valence-electron chi connectivity index (χ3n) is 2.21. The van der Waals surface area contributed by atoms with E-state index in [0.29, 0.717) is 5.56 Å². The van der Waals surface area contributed by atoms with Crippen molar-refractivity contribution in [1.82, 2.24) is 0 Å². The zero-order valence-corrected chi connectivity index (χ0v) is 10.3. The van der Waals surface area contributed by atoms with Gasteiger partial charge in [-0.15, -0.1) is 5.92 Å². The minimum atomic E-state index is -4.24. The molecular weight excluding hydrogens is 223 g/mol. The molecular formula is C12H15O3P. The fourth-order valence-electron chi connectivity index (χ4n) is 1.58. The third-order valence-corrected chi connectivity index (χ3v) is 3.21. The standard InChI is InChI=1S/C12H15O3P/c1-3-6-10-8-5-9-12(16(13,14)15)11(10)7-4-2/h5,8-9H,3,6H2,1-2H3,(H2,13,14,15). The first kappa shape index (κ1) is 13.0. The van der Waals surface area contributed by atoms with Crippen LogP contribution in [0.5, 0.6) is 0 Å². The summed E-state index contributed by atoms with van der Waals surface area (Å²) in [5.74, 6) is 5.50. The lowest BCUT2D eigenvalue weighted by Gasteiger charge is -2.10. The molecule has 0 atom stereocenters. The van der Waals surface area contributed by atoms with Crippen LogP contribution in [0.15, 0.2) is 18.2 Å². The predicted molar refractivity (Wildman–Crippen MR) is 64.7 cm³/mol. The molecule has 0 heterocycles. The van der Waals surface area contributed by atoms with Gasteiger partial charge in [0.1, 0.15) is 0 Å². The van der Waals surface area contributed by atoms with Gasteiger partial charge in [0.25, 0.3) is 0 Å². The molecule has 16 heavy (non-hydrogen) atoms. The minimum Gasteiger partial charge on any atom is -0.321 e. The maximum absolute atomic E-state index is 11.3. The summed E-state index contributed by atoms with van der Waals surface area (Å²) in [5.41, 5.74) is 1.39. The summed E-state index contributed by atoms with van der Waals surface area (Å²) in [4.78, 5) is 18.5. The van der Waals surface area contributed by atoms with Crippen LogP contribution in [0.2, 0.25) is 0 Å². The first-order chi connectivity index (χ1) is 7.50. The smallest absolute Gasteiger partial charge is 0.321 e. The summed E-state index contributed by atoms with van der Waals surface area (Å²) in [6.07, 6.45) is 1.70. The number of hydrogen-bond donors (Lipinski definition) is 2. The average Bonchev–Trinajstić information content (AvgIpc) is 2.19. The van der Waals surface area contributed by atoms with Crippen LogP contribution < -0.4 is 5.30 Å². The van der Waals surface area contributed by atoms with Gasteiger partial charge < -0.3 is 9.79 Å². The van der Waals surface area contributed by atoms with E-state index < -0.39 is 7.60 Å². The van der Waals surface area contributed by atoms with E-state index in [2.05, 4.69) is 11.8 Å². The zero-order valence-electron chi connectivity index (χ0n) is 9.40. The molecule has 0 spiro atoms. The Morgan fingerprint density at radius 2 is 2.06 bits per heavy atom. The molecule has 1 aromatic rings.